The van der Waals surface area contributed by atoms with Crippen molar-refractivity contribution in [3.05, 3.63) is 81.4 Å². The molecule has 0 unspecified atom stereocenters. The molecule has 0 N–H and O–H groups in total. The first-order valence-corrected chi connectivity index (χ1v) is 15.5. The number of benzene rings is 2. The summed E-state index contributed by atoms with van der Waals surface area (Å²) in [6.07, 6.45) is 5.20. The molecule has 2 aliphatic rings. The SMILES string of the molecule is Cc1cc(C(=O)N2CCC(C(=O)N(CCCN3CCC(Cc4ccc(F)cc4)CC3)c3ccc(Cl)c(Cl)c3)CC2)no1. The van der Waals surface area contributed by atoms with Crippen LogP contribution in [0.1, 0.15) is 53.9 Å². The summed E-state index contributed by atoms with van der Waals surface area (Å²) in [6.45, 7) is 6.24. The number of hydrogen-bond acceptors (Lipinski definition) is 5. The van der Waals surface area contributed by atoms with Gasteiger partial charge in [-0.2, -0.15) is 0 Å². The van der Waals surface area contributed by atoms with Crippen LogP contribution in [0.2, 0.25) is 10.0 Å². The number of hydrogen-bond donors (Lipinski definition) is 0. The lowest BCUT2D eigenvalue weighted by molar-refractivity contribution is -0.123. The van der Waals surface area contributed by atoms with Crippen LogP contribution in [0, 0.1) is 24.6 Å². The van der Waals surface area contributed by atoms with Crippen LogP contribution in [0.15, 0.2) is 53.1 Å². The van der Waals surface area contributed by atoms with Crippen LogP contribution in [0.5, 0.6) is 0 Å². The third kappa shape index (κ3) is 7.71. The first kappa shape index (κ1) is 30.5. The Morgan fingerprint density at radius 1 is 0.976 bits per heavy atom. The lowest BCUT2D eigenvalue weighted by atomic mass is 9.90. The molecule has 2 fully saturated rings. The zero-order chi connectivity index (χ0) is 29.6. The van der Waals surface area contributed by atoms with Crippen molar-refractivity contribution in [3.8, 4) is 0 Å². The Kier molecular flexibility index (Phi) is 10.2. The molecular weight excluding hydrogens is 578 g/mol. The van der Waals surface area contributed by atoms with Crippen molar-refractivity contribution >= 4 is 40.7 Å². The fourth-order valence-corrected chi connectivity index (χ4v) is 6.31. The number of nitrogens with zero attached hydrogens (tertiary/aromatic N) is 4. The quantitative estimate of drug-likeness (QED) is 0.269. The molecule has 1 aromatic heterocycles. The zero-order valence-corrected chi connectivity index (χ0v) is 25.4. The van der Waals surface area contributed by atoms with Gasteiger partial charge in [-0.1, -0.05) is 40.5 Å². The molecule has 0 atom stereocenters. The number of piperidine rings is 2. The molecule has 42 heavy (non-hydrogen) atoms. The first-order chi connectivity index (χ1) is 20.3. The predicted octanol–water partition coefficient (Wildman–Crippen LogP) is 6.66. The van der Waals surface area contributed by atoms with E-state index < -0.39 is 0 Å². The highest BCUT2D eigenvalue weighted by Crippen LogP contribution is 2.30. The lowest BCUT2D eigenvalue weighted by Crippen LogP contribution is -2.45. The molecule has 224 valence electrons. The summed E-state index contributed by atoms with van der Waals surface area (Å²) >= 11 is 12.5. The Morgan fingerprint density at radius 2 is 1.69 bits per heavy atom. The second-order valence-corrected chi connectivity index (χ2v) is 12.3. The standard InChI is InChI=1S/C32H37Cl2FN4O3/c1-22-19-30(36-42-22)32(41)38-17-11-25(12-18-38)31(40)39(27-7-8-28(33)29(34)21-27)14-2-13-37-15-9-24(10-16-37)20-23-3-5-26(35)6-4-23/h3-8,19,21,24-25H,2,9-18,20H2,1H3. The average molecular weight is 616 g/mol. The molecule has 10 heteroatoms. The molecule has 2 amide bonds. The molecule has 0 spiro atoms. The maximum absolute atomic E-state index is 13.8. The molecular formula is C32H37Cl2FN4O3. The van der Waals surface area contributed by atoms with Gasteiger partial charge < -0.3 is 19.2 Å². The fraction of sp³-hybridized carbons (Fsp3) is 0.469. The van der Waals surface area contributed by atoms with Gasteiger partial charge >= 0.3 is 0 Å². The molecule has 0 saturated carbocycles. The van der Waals surface area contributed by atoms with Gasteiger partial charge in [0.1, 0.15) is 11.6 Å². The second-order valence-electron chi connectivity index (χ2n) is 11.4. The number of carbonyl (C=O) groups excluding carboxylic acids is 2. The number of carbonyl (C=O) groups is 2. The number of aromatic nitrogens is 1. The van der Waals surface area contributed by atoms with E-state index in [9.17, 15) is 14.0 Å². The minimum atomic E-state index is -0.194. The zero-order valence-electron chi connectivity index (χ0n) is 23.9. The summed E-state index contributed by atoms with van der Waals surface area (Å²) in [5.74, 6) is 0.698. The monoisotopic (exact) mass is 614 g/mol. The van der Waals surface area contributed by atoms with E-state index in [4.69, 9.17) is 27.7 Å². The highest BCUT2D eigenvalue weighted by Gasteiger charge is 2.32. The maximum atomic E-state index is 13.8. The molecule has 3 aromatic rings. The molecule has 0 bridgehead atoms. The van der Waals surface area contributed by atoms with Crippen LogP contribution >= 0.6 is 23.2 Å². The molecule has 7 nitrogen and oxygen atoms in total. The van der Waals surface area contributed by atoms with Crippen LogP contribution in [-0.2, 0) is 11.2 Å². The number of anilines is 1. The Bertz CT molecular complexity index is 1370. The van der Waals surface area contributed by atoms with Gasteiger partial charge in [0.25, 0.3) is 5.91 Å². The van der Waals surface area contributed by atoms with Gasteiger partial charge in [0.05, 0.1) is 10.0 Å². The van der Waals surface area contributed by atoms with Gasteiger partial charge in [-0.25, -0.2) is 4.39 Å². The van der Waals surface area contributed by atoms with Crippen LogP contribution in [0.3, 0.4) is 0 Å². The van der Waals surface area contributed by atoms with E-state index in [-0.39, 0.29) is 23.5 Å². The fourth-order valence-electron chi connectivity index (χ4n) is 6.02. The van der Waals surface area contributed by atoms with Crippen molar-refractivity contribution in [2.75, 3.05) is 44.2 Å². The van der Waals surface area contributed by atoms with Gasteiger partial charge in [-0.3, -0.25) is 9.59 Å². The largest absolute Gasteiger partial charge is 0.361 e. The van der Waals surface area contributed by atoms with Gasteiger partial charge in [-0.05, 0) is 107 Å². The van der Waals surface area contributed by atoms with Crippen molar-refractivity contribution in [1.82, 2.24) is 15.0 Å². The van der Waals surface area contributed by atoms with Crippen molar-refractivity contribution in [3.63, 3.8) is 0 Å². The third-order valence-corrected chi connectivity index (χ3v) is 9.20. The maximum Gasteiger partial charge on any atom is 0.276 e. The van der Waals surface area contributed by atoms with Crippen LogP contribution in [-0.4, -0.2) is 66.0 Å². The molecule has 0 radical (unpaired) electrons. The molecule has 5 rings (SSSR count). The van der Waals surface area contributed by atoms with E-state index in [1.165, 1.54) is 17.7 Å². The minimum Gasteiger partial charge on any atom is -0.361 e. The smallest absolute Gasteiger partial charge is 0.276 e. The summed E-state index contributed by atoms with van der Waals surface area (Å²) in [7, 11) is 0. The molecule has 2 aliphatic heterocycles. The molecule has 2 aromatic carbocycles. The number of likely N-dealkylation sites (tertiary alicyclic amines) is 2. The predicted molar refractivity (Wildman–Crippen MR) is 163 cm³/mol. The van der Waals surface area contributed by atoms with Gasteiger partial charge in [0.15, 0.2) is 5.69 Å². The number of halogens is 3. The van der Waals surface area contributed by atoms with Crippen molar-refractivity contribution in [1.29, 1.82) is 0 Å². The van der Waals surface area contributed by atoms with E-state index in [2.05, 4.69) is 10.1 Å². The summed E-state index contributed by atoms with van der Waals surface area (Å²) in [4.78, 5) is 32.7. The minimum absolute atomic E-state index is 0.0516. The Morgan fingerprint density at radius 3 is 2.33 bits per heavy atom. The van der Waals surface area contributed by atoms with Crippen LogP contribution in [0.4, 0.5) is 10.1 Å². The van der Waals surface area contributed by atoms with Crippen LogP contribution < -0.4 is 4.90 Å². The van der Waals surface area contributed by atoms with Gasteiger partial charge in [-0.15, -0.1) is 0 Å². The summed E-state index contributed by atoms with van der Waals surface area (Å²) in [6, 6.07) is 13.8. The van der Waals surface area contributed by atoms with E-state index in [1.807, 2.05) is 23.1 Å². The molecule has 0 aliphatic carbocycles. The number of rotatable bonds is 9. The lowest BCUT2D eigenvalue weighted by Gasteiger charge is -2.35. The summed E-state index contributed by atoms with van der Waals surface area (Å²) < 4.78 is 18.3. The highest BCUT2D eigenvalue weighted by atomic mass is 35.5. The van der Waals surface area contributed by atoms with Gasteiger partial charge in [0.2, 0.25) is 5.91 Å². The second kappa shape index (κ2) is 14.0. The van der Waals surface area contributed by atoms with Gasteiger partial charge in [0, 0.05) is 37.3 Å². The highest BCUT2D eigenvalue weighted by molar-refractivity contribution is 6.42. The number of aryl methyl sites for hydroxylation is 1. The van der Waals surface area contributed by atoms with E-state index in [0.29, 0.717) is 59.9 Å². The summed E-state index contributed by atoms with van der Waals surface area (Å²) in [5, 5.41) is 4.71. The van der Waals surface area contributed by atoms with E-state index >= 15 is 0 Å². The molecule has 3 heterocycles. The van der Waals surface area contributed by atoms with E-state index in [1.54, 1.807) is 30.0 Å². The Labute approximate surface area is 256 Å². The normalized spacial score (nSPS) is 17.0. The average Bonchev–Trinajstić information content (AvgIpc) is 3.44. The van der Waals surface area contributed by atoms with E-state index in [0.717, 1.165) is 51.0 Å². The van der Waals surface area contributed by atoms with Crippen LogP contribution in [0.25, 0.3) is 0 Å². The Balaban J connectivity index is 1.15. The van der Waals surface area contributed by atoms with Crippen molar-refractivity contribution in [2.24, 2.45) is 11.8 Å². The van der Waals surface area contributed by atoms with Crippen molar-refractivity contribution in [2.45, 2.75) is 45.4 Å². The Hall–Kier alpha value is -2.94. The number of amides is 2. The van der Waals surface area contributed by atoms with Crippen molar-refractivity contribution < 1.29 is 18.5 Å². The third-order valence-electron chi connectivity index (χ3n) is 8.46. The summed E-state index contributed by atoms with van der Waals surface area (Å²) in [5.41, 5.74) is 2.23. The molecule has 2 saturated heterocycles. The first-order valence-electron chi connectivity index (χ1n) is 14.7. The topological polar surface area (TPSA) is 69.9 Å².